The molecule has 0 aliphatic carbocycles. The second kappa shape index (κ2) is 7.86. The summed E-state index contributed by atoms with van der Waals surface area (Å²) in [5, 5.41) is 6.73. The van der Waals surface area contributed by atoms with Crippen molar-refractivity contribution in [3.8, 4) is 0 Å². The highest BCUT2D eigenvalue weighted by molar-refractivity contribution is 7.86. The van der Waals surface area contributed by atoms with Crippen LogP contribution in [0, 0.1) is 11.7 Å². The highest BCUT2D eigenvalue weighted by Gasteiger charge is 2.40. The van der Waals surface area contributed by atoms with Gasteiger partial charge in [-0.2, -0.15) is 13.5 Å². The average Bonchev–Trinajstić information content (AvgIpc) is 2.69. The number of hydrogen-bond acceptors (Lipinski definition) is 5. The van der Waals surface area contributed by atoms with Crippen LogP contribution in [-0.2, 0) is 16.5 Å². The van der Waals surface area contributed by atoms with E-state index in [1.807, 2.05) is 0 Å². The van der Waals surface area contributed by atoms with Crippen LogP contribution in [0.5, 0.6) is 0 Å². The Hall–Kier alpha value is -3.11. The zero-order valence-corrected chi connectivity index (χ0v) is 17.4. The van der Waals surface area contributed by atoms with Gasteiger partial charge in [0.2, 0.25) is 0 Å². The number of nitrogens with one attached hydrogen (secondary N) is 1. The second-order valence-corrected chi connectivity index (χ2v) is 9.50. The molecule has 1 amide bonds. The van der Waals surface area contributed by atoms with Gasteiger partial charge < -0.3 is 4.90 Å². The summed E-state index contributed by atoms with van der Waals surface area (Å²) in [6, 6.07) is 11.2. The number of H-pyrrole nitrogens is 1. The van der Waals surface area contributed by atoms with Crippen molar-refractivity contribution in [2.24, 2.45) is 5.92 Å². The molecular formula is C21H20FN3O5S. The van der Waals surface area contributed by atoms with E-state index in [1.165, 1.54) is 24.0 Å². The molecule has 0 radical (unpaired) electrons. The maximum Gasteiger partial charge on any atom is 0.272 e. The van der Waals surface area contributed by atoms with Gasteiger partial charge in [0.15, 0.2) is 0 Å². The fourth-order valence-electron chi connectivity index (χ4n) is 3.73. The summed E-state index contributed by atoms with van der Waals surface area (Å²) < 4.78 is 46.1. The molecule has 10 heteroatoms. The number of amides is 1. The summed E-state index contributed by atoms with van der Waals surface area (Å²) in [6.07, 6.45) is 0.278. The van der Waals surface area contributed by atoms with Crippen molar-refractivity contribution in [3.05, 3.63) is 75.5 Å². The summed E-state index contributed by atoms with van der Waals surface area (Å²) >= 11 is 0. The molecule has 0 spiro atoms. The normalized spacial score (nSPS) is 15.6. The highest BCUT2D eigenvalue weighted by Crippen LogP contribution is 2.26. The van der Waals surface area contributed by atoms with Crippen LogP contribution >= 0.6 is 0 Å². The number of benzene rings is 2. The number of halogens is 1. The molecule has 2 aromatic carbocycles. The third-order valence-corrected chi connectivity index (χ3v) is 7.06. The number of fused-ring (bicyclic) bond motifs is 1. The Morgan fingerprint density at radius 3 is 2.61 bits per heavy atom. The van der Waals surface area contributed by atoms with Gasteiger partial charge in [-0.15, -0.1) is 0 Å². The number of aromatic nitrogens is 2. The van der Waals surface area contributed by atoms with Crippen molar-refractivity contribution >= 4 is 26.8 Å². The van der Waals surface area contributed by atoms with Gasteiger partial charge in [-0.05, 0) is 30.7 Å². The SMILES string of the molecule is CC(C1CN(C(=O)c2cc(Cc3n[nH]c(=O)c4ccccc34)ccc2F)C1)S(=O)(=O)O. The van der Waals surface area contributed by atoms with Gasteiger partial charge in [0.05, 0.1) is 21.9 Å². The molecule has 2 heterocycles. The third-order valence-electron chi connectivity index (χ3n) is 5.74. The van der Waals surface area contributed by atoms with E-state index in [0.29, 0.717) is 22.0 Å². The van der Waals surface area contributed by atoms with E-state index in [2.05, 4.69) is 10.2 Å². The van der Waals surface area contributed by atoms with Crippen molar-refractivity contribution in [1.82, 2.24) is 15.1 Å². The number of likely N-dealkylation sites (tertiary alicyclic amines) is 1. The maximum absolute atomic E-state index is 14.4. The lowest BCUT2D eigenvalue weighted by Gasteiger charge is -2.41. The van der Waals surface area contributed by atoms with Crippen molar-refractivity contribution in [3.63, 3.8) is 0 Å². The van der Waals surface area contributed by atoms with Gasteiger partial charge in [-0.1, -0.05) is 24.3 Å². The molecule has 1 aromatic heterocycles. The summed E-state index contributed by atoms with van der Waals surface area (Å²) in [5.41, 5.74) is 0.800. The van der Waals surface area contributed by atoms with Gasteiger partial charge in [0.25, 0.3) is 21.6 Å². The number of aromatic amines is 1. The van der Waals surface area contributed by atoms with Crippen LogP contribution in [0.15, 0.2) is 47.3 Å². The lowest BCUT2D eigenvalue weighted by molar-refractivity contribution is 0.0490. The molecule has 1 aliphatic heterocycles. The van der Waals surface area contributed by atoms with Crippen molar-refractivity contribution in [1.29, 1.82) is 0 Å². The van der Waals surface area contributed by atoms with E-state index < -0.39 is 33.0 Å². The molecule has 1 unspecified atom stereocenters. The van der Waals surface area contributed by atoms with Crippen LogP contribution in [0.25, 0.3) is 10.8 Å². The van der Waals surface area contributed by atoms with E-state index in [-0.39, 0.29) is 30.6 Å². The highest BCUT2D eigenvalue weighted by atomic mass is 32.2. The molecule has 1 aliphatic rings. The van der Waals surface area contributed by atoms with Gasteiger partial charge in [0.1, 0.15) is 5.82 Å². The van der Waals surface area contributed by atoms with Crippen LogP contribution in [-0.4, -0.2) is 52.3 Å². The molecule has 3 aromatic rings. The Morgan fingerprint density at radius 1 is 1.26 bits per heavy atom. The zero-order chi connectivity index (χ0) is 22.3. The first-order valence-electron chi connectivity index (χ1n) is 9.65. The topological polar surface area (TPSA) is 120 Å². The fraction of sp³-hybridized carbons (Fsp3) is 0.286. The van der Waals surface area contributed by atoms with Crippen LogP contribution in [0.2, 0.25) is 0 Å². The lowest BCUT2D eigenvalue weighted by Crippen LogP contribution is -2.55. The van der Waals surface area contributed by atoms with Gasteiger partial charge >= 0.3 is 0 Å². The van der Waals surface area contributed by atoms with Crippen molar-refractivity contribution in [2.45, 2.75) is 18.6 Å². The number of nitrogens with zero attached hydrogens (tertiary/aromatic N) is 2. The van der Waals surface area contributed by atoms with Gasteiger partial charge in [0, 0.05) is 30.8 Å². The first-order chi connectivity index (χ1) is 14.6. The Bertz CT molecular complexity index is 1330. The van der Waals surface area contributed by atoms with Crippen LogP contribution in [0.1, 0.15) is 28.5 Å². The maximum atomic E-state index is 14.4. The monoisotopic (exact) mass is 445 g/mol. The Morgan fingerprint density at radius 2 is 1.94 bits per heavy atom. The second-order valence-electron chi connectivity index (χ2n) is 7.73. The molecule has 0 bridgehead atoms. The fourth-order valence-corrected chi connectivity index (χ4v) is 4.39. The largest absolute Gasteiger partial charge is 0.338 e. The summed E-state index contributed by atoms with van der Waals surface area (Å²) in [5.74, 6) is -1.63. The molecule has 0 saturated carbocycles. The Kier molecular flexibility index (Phi) is 5.36. The number of hydrogen-bond donors (Lipinski definition) is 2. The quantitative estimate of drug-likeness (QED) is 0.580. The molecule has 1 saturated heterocycles. The predicted molar refractivity (Wildman–Crippen MR) is 112 cm³/mol. The molecule has 1 fully saturated rings. The zero-order valence-electron chi connectivity index (χ0n) is 16.6. The molecule has 8 nitrogen and oxygen atoms in total. The lowest BCUT2D eigenvalue weighted by atomic mass is 9.95. The third kappa shape index (κ3) is 4.08. The Balaban J connectivity index is 1.56. The smallest absolute Gasteiger partial charge is 0.272 e. The predicted octanol–water partition coefficient (Wildman–Crippen LogP) is 2.00. The number of carbonyl (C=O) groups excluding carboxylic acids is 1. The van der Waals surface area contributed by atoms with Crippen LogP contribution < -0.4 is 5.56 Å². The molecule has 2 N–H and O–H groups in total. The van der Waals surface area contributed by atoms with E-state index >= 15 is 0 Å². The number of rotatable bonds is 5. The minimum atomic E-state index is -4.19. The molecule has 1 atom stereocenters. The molecule has 4 rings (SSSR count). The van der Waals surface area contributed by atoms with E-state index in [1.54, 1.807) is 30.3 Å². The van der Waals surface area contributed by atoms with Gasteiger partial charge in [-0.25, -0.2) is 9.49 Å². The first-order valence-corrected chi connectivity index (χ1v) is 11.2. The molecule has 31 heavy (non-hydrogen) atoms. The average molecular weight is 445 g/mol. The summed E-state index contributed by atoms with van der Waals surface area (Å²) in [4.78, 5) is 26.0. The minimum absolute atomic E-state index is 0.121. The molecular weight excluding hydrogens is 425 g/mol. The standard InChI is InChI=1S/C21H20FN3O5S/c1-12(31(28,29)30)14-10-25(11-14)21(27)17-8-13(6-7-18(17)22)9-19-15-4-2-3-5-16(15)20(26)24-23-19/h2-8,12,14H,9-11H2,1H3,(H,24,26)(H,28,29,30). The number of carbonyl (C=O) groups is 1. The van der Waals surface area contributed by atoms with E-state index in [4.69, 9.17) is 4.55 Å². The molecule has 162 valence electrons. The van der Waals surface area contributed by atoms with E-state index in [9.17, 15) is 22.4 Å². The Labute approximate surface area is 177 Å². The van der Waals surface area contributed by atoms with Gasteiger partial charge in [-0.3, -0.25) is 14.1 Å². The van der Waals surface area contributed by atoms with Crippen molar-refractivity contribution in [2.75, 3.05) is 13.1 Å². The minimum Gasteiger partial charge on any atom is -0.338 e. The van der Waals surface area contributed by atoms with Crippen LogP contribution in [0.3, 0.4) is 0 Å². The summed E-state index contributed by atoms with van der Waals surface area (Å²) in [6.45, 7) is 1.62. The van der Waals surface area contributed by atoms with E-state index in [0.717, 1.165) is 0 Å². The first kappa shape index (κ1) is 21.1. The van der Waals surface area contributed by atoms with Crippen LogP contribution in [0.4, 0.5) is 4.39 Å². The summed E-state index contributed by atoms with van der Waals surface area (Å²) in [7, 11) is -4.19. The van der Waals surface area contributed by atoms with Crippen molar-refractivity contribution < 1.29 is 22.2 Å².